The van der Waals surface area contributed by atoms with E-state index < -0.39 is 0 Å². The summed E-state index contributed by atoms with van der Waals surface area (Å²) in [5.41, 5.74) is 5.44. The third-order valence-corrected chi connectivity index (χ3v) is 4.97. The number of hydrogen-bond acceptors (Lipinski definition) is 3. The second-order valence-corrected chi connectivity index (χ2v) is 7.69. The van der Waals surface area contributed by atoms with Gasteiger partial charge >= 0.3 is 0 Å². The summed E-state index contributed by atoms with van der Waals surface area (Å²) < 4.78 is 3.83. The SMILES string of the molecule is Cc1ccc(Cn2nc(C)c(NC(=S)NCCCn3cc(Cl)cn3)c2C)cc1. The average molecular weight is 417 g/mol. The molecular formula is C20H25ClN6S. The van der Waals surface area contributed by atoms with Crippen LogP contribution in [0, 0.1) is 20.8 Å². The Labute approximate surface area is 175 Å². The Bertz CT molecular complexity index is 944. The maximum Gasteiger partial charge on any atom is 0.170 e. The van der Waals surface area contributed by atoms with E-state index in [0.717, 1.165) is 43.1 Å². The summed E-state index contributed by atoms with van der Waals surface area (Å²) in [4.78, 5) is 0. The first-order chi connectivity index (χ1) is 13.4. The smallest absolute Gasteiger partial charge is 0.170 e. The predicted octanol–water partition coefficient (Wildman–Crippen LogP) is 4.08. The Hall–Kier alpha value is -2.38. The summed E-state index contributed by atoms with van der Waals surface area (Å²) in [6.45, 7) is 8.41. The molecule has 0 fully saturated rings. The number of aryl methyl sites for hydroxylation is 3. The van der Waals surface area contributed by atoms with Crippen molar-refractivity contribution < 1.29 is 0 Å². The molecule has 8 heteroatoms. The van der Waals surface area contributed by atoms with E-state index >= 15 is 0 Å². The fourth-order valence-electron chi connectivity index (χ4n) is 2.96. The van der Waals surface area contributed by atoms with Crippen LogP contribution in [0.15, 0.2) is 36.7 Å². The topological polar surface area (TPSA) is 59.7 Å². The van der Waals surface area contributed by atoms with Crippen LogP contribution >= 0.6 is 23.8 Å². The first kappa shape index (κ1) is 20.4. The molecule has 2 aromatic heterocycles. The standard InChI is InChI=1S/C20H25ClN6S/c1-14-5-7-17(8-6-14)12-27-16(3)19(15(2)25-27)24-20(28)22-9-4-10-26-13-18(21)11-23-26/h5-8,11,13H,4,9-10,12H2,1-3H3,(H2,22,24,28). The van der Waals surface area contributed by atoms with E-state index in [9.17, 15) is 0 Å². The number of aromatic nitrogens is 4. The second-order valence-electron chi connectivity index (χ2n) is 6.85. The van der Waals surface area contributed by atoms with Crippen molar-refractivity contribution in [2.45, 2.75) is 40.3 Å². The average Bonchev–Trinajstić information content (AvgIpc) is 3.19. The summed E-state index contributed by atoms with van der Waals surface area (Å²) in [5, 5.41) is 16.6. The molecule has 2 heterocycles. The van der Waals surface area contributed by atoms with Crippen molar-refractivity contribution >= 4 is 34.6 Å². The molecule has 0 amide bonds. The zero-order valence-electron chi connectivity index (χ0n) is 16.4. The van der Waals surface area contributed by atoms with E-state index in [0.29, 0.717) is 10.1 Å². The van der Waals surface area contributed by atoms with Crippen LogP contribution in [0.2, 0.25) is 5.02 Å². The number of nitrogens with zero attached hydrogens (tertiary/aromatic N) is 4. The lowest BCUT2D eigenvalue weighted by atomic mass is 10.1. The van der Waals surface area contributed by atoms with Crippen LogP contribution in [0.3, 0.4) is 0 Å². The Morgan fingerprint density at radius 2 is 1.93 bits per heavy atom. The van der Waals surface area contributed by atoms with Gasteiger partial charge in [0.2, 0.25) is 0 Å². The summed E-state index contributed by atoms with van der Waals surface area (Å²) in [6.07, 6.45) is 4.35. The van der Waals surface area contributed by atoms with Gasteiger partial charge in [0.15, 0.2) is 5.11 Å². The van der Waals surface area contributed by atoms with Gasteiger partial charge in [-0.1, -0.05) is 41.4 Å². The summed E-state index contributed by atoms with van der Waals surface area (Å²) in [6, 6.07) is 8.52. The van der Waals surface area contributed by atoms with Gasteiger partial charge in [-0.25, -0.2) is 0 Å². The number of anilines is 1. The lowest BCUT2D eigenvalue weighted by Crippen LogP contribution is -2.30. The van der Waals surface area contributed by atoms with Crippen LogP contribution in [0.1, 0.15) is 28.9 Å². The van der Waals surface area contributed by atoms with Crippen molar-refractivity contribution in [1.82, 2.24) is 24.9 Å². The van der Waals surface area contributed by atoms with Crippen molar-refractivity contribution in [3.63, 3.8) is 0 Å². The summed E-state index contributed by atoms with van der Waals surface area (Å²) >= 11 is 11.3. The highest BCUT2D eigenvalue weighted by Gasteiger charge is 2.13. The van der Waals surface area contributed by atoms with Gasteiger partial charge in [-0.3, -0.25) is 9.36 Å². The molecular weight excluding hydrogens is 392 g/mol. The molecule has 0 aliphatic rings. The summed E-state index contributed by atoms with van der Waals surface area (Å²) in [5.74, 6) is 0. The van der Waals surface area contributed by atoms with Gasteiger partial charge in [-0.2, -0.15) is 10.2 Å². The third kappa shape index (κ3) is 5.33. The van der Waals surface area contributed by atoms with Gasteiger partial charge in [0.1, 0.15) is 0 Å². The number of nitrogens with one attached hydrogen (secondary N) is 2. The quantitative estimate of drug-likeness (QED) is 0.449. The van der Waals surface area contributed by atoms with Crippen molar-refractivity contribution in [3.05, 3.63) is 64.2 Å². The highest BCUT2D eigenvalue weighted by atomic mass is 35.5. The van der Waals surface area contributed by atoms with Crippen LogP contribution < -0.4 is 10.6 Å². The van der Waals surface area contributed by atoms with Crippen LogP contribution in [0.25, 0.3) is 0 Å². The van der Waals surface area contributed by atoms with Crippen LogP contribution in [-0.2, 0) is 13.1 Å². The Balaban J connectivity index is 1.52. The molecule has 0 saturated carbocycles. The number of halogens is 1. The molecule has 0 spiro atoms. The van der Waals surface area contributed by atoms with Crippen LogP contribution in [0.5, 0.6) is 0 Å². The number of benzene rings is 1. The van der Waals surface area contributed by atoms with E-state index in [4.69, 9.17) is 23.8 Å². The molecule has 0 radical (unpaired) electrons. The molecule has 3 aromatic rings. The molecule has 0 saturated heterocycles. The second kappa shape index (κ2) is 9.21. The van der Waals surface area contributed by atoms with E-state index in [2.05, 4.69) is 58.9 Å². The predicted molar refractivity (Wildman–Crippen MR) is 118 cm³/mol. The van der Waals surface area contributed by atoms with Gasteiger partial charge in [0.25, 0.3) is 0 Å². The van der Waals surface area contributed by atoms with Gasteiger partial charge < -0.3 is 10.6 Å². The zero-order valence-corrected chi connectivity index (χ0v) is 17.9. The van der Waals surface area contributed by atoms with Crippen molar-refractivity contribution in [3.8, 4) is 0 Å². The molecule has 0 aliphatic heterocycles. The van der Waals surface area contributed by atoms with E-state index in [-0.39, 0.29) is 0 Å². The fraction of sp³-hybridized carbons (Fsp3) is 0.350. The maximum atomic E-state index is 5.87. The Morgan fingerprint density at radius 3 is 2.61 bits per heavy atom. The molecule has 1 aromatic carbocycles. The van der Waals surface area contributed by atoms with E-state index in [1.165, 1.54) is 11.1 Å². The van der Waals surface area contributed by atoms with E-state index in [1.54, 1.807) is 6.20 Å². The van der Waals surface area contributed by atoms with Crippen molar-refractivity contribution in [1.29, 1.82) is 0 Å². The number of hydrogen-bond donors (Lipinski definition) is 2. The lowest BCUT2D eigenvalue weighted by Gasteiger charge is -2.11. The van der Waals surface area contributed by atoms with Crippen molar-refractivity contribution in [2.24, 2.45) is 0 Å². The summed E-state index contributed by atoms with van der Waals surface area (Å²) in [7, 11) is 0. The minimum Gasteiger partial charge on any atom is -0.362 e. The molecule has 148 valence electrons. The molecule has 0 unspecified atom stereocenters. The monoisotopic (exact) mass is 416 g/mol. The maximum absolute atomic E-state index is 5.87. The highest BCUT2D eigenvalue weighted by molar-refractivity contribution is 7.80. The van der Waals surface area contributed by atoms with Gasteiger partial charge in [0, 0.05) is 19.3 Å². The minimum absolute atomic E-state index is 0.597. The first-order valence-electron chi connectivity index (χ1n) is 9.24. The van der Waals surface area contributed by atoms with Gasteiger partial charge in [-0.05, 0) is 45.0 Å². The van der Waals surface area contributed by atoms with Crippen molar-refractivity contribution in [2.75, 3.05) is 11.9 Å². The molecule has 6 nitrogen and oxygen atoms in total. The number of thiocarbonyl (C=S) groups is 1. The highest BCUT2D eigenvalue weighted by Crippen LogP contribution is 2.20. The molecule has 28 heavy (non-hydrogen) atoms. The van der Waals surface area contributed by atoms with Crippen LogP contribution in [0.4, 0.5) is 5.69 Å². The minimum atomic E-state index is 0.597. The molecule has 0 atom stereocenters. The molecule has 2 N–H and O–H groups in total. The molecule has 0 aliphatic carbocycles. The Kier molecular flexibility index (Phi) is 6.70. The third-order valence-electron chi connectivity index (χ3n) is 4.52. The van der Waals surface area contributed by atoms with E-state index in [1.807, 2.05) is 22.5 Å². The van der Waals surface area contributed by atoms with Gasteiger partial charge in [-0.15, -0.1) is 0 Å². The normalized spacial score (nSPS) is 10.9. The first-order valence-corrected chi connectivity index (χ1v) is 10.0. The van der Waals surface area contributed by atoms with Gasteiger partial charge in [0.05, 0.1) is 34.8 Å². The fourth-order valence-corrected chi connectivity index (χ4v) is 3.32. The largest absolute Gasteiger partial charge is 0.362 e. The number of rotatable bonds is 7. The van der Waals surface area contributed by atoms with Crippen LogP contribution in [-0.4, -0.2) is 31.2 Å². The lowest BCUT2D eigenvalue weighted by molar-refractivity contribution is 0.574. The molecule has 0 bridgehead atoms. The Morgan fingerprint density at radius 1 is 1.18 bits per heavy atom. The molecule has 3 rings (SSSR count). The zero-order chi connectivity index (χ0) is 20.1.